The van der Waals surface area contributed by atoms with Gasteiger partial charge in [0.05, 0.1) is 6.20 Å². The number of nitrogens with one attached hydrogen (secondary N) is 1. The average molecular weight is 286 g/mol. The average Bonchev–Trinajstić information content (AvgIpc) is 2.92. The van der Waals surface area contributed by atoms with Gasteiger partial charge >= 0.3 is 0 Å². The minimum atomic E-state index is 0.0741. The summed E-state index contributed by atoms with van der Waals surface area (Å²) in [5, 5.41) is 7.46. The number of benzene rings is 1. The van der Waals surface area contributed by atoms with Crippen molar-refractivity contribution in [1.29, 1.82) is 0 Å². The molecule has 5 heteroatoms. The van der Waals surface area contributed by atoms with Crippen molar-refractivity contribution in [2.45, 2.75) is 20.4 Å². The molecule has 0 spiro atoms. The Morgan fingerprint density at radius 2 is 2.10 bits per heavy atom. The van der Waals surface area contributed by atoms with E-state index in [1.54, 1.807) is 4.68 Å². The number of hydrogen-bond acceptors (Lipinski definition) is 3. The standard InChI is InChI=1S/C16H22N4O/c1-4-20(5-2)16(21)14-7-6-8-15(9-14)17-10-13-11-18-19(3)12-13/h6-9,11-12,17H,4-5,10H2,1-3H3. The van der Waals surface area contributed by atoms with Crippen molar-refractivity contribution in [3.63, 3.8) is 0 Å². The van der Waals surface area contributed by atoms with Gasteiger partial charge in [-0.3, -0.25) is 9.48 Å². The van der Waals surface area contributed by atoms with E-state index in [1.807, 2.05) is 62.5 Å². The lowest BCUT2D eigenvalue weighted by Crippen LogP contribution is -2.30. The molecule has 0 bridgehead atoms. The molecular weight excluding hydrogens is 264 g/mol. The molecule has 1 aromatic carbocycles. The highest BCUT2D eigenvalue weighted by atomic mass is 16.2. The summed E-state index contributed by atoms with van der Waals surface area (Å²) in [5.74, 6) is 0.0741. The molecule has 0 aliphatic carbocycles. The fraction of sp³-hybridized carbons (Fsp3) is 0.375. The molecule has 0 atom stereocenters. The Labute approximate surface area is 125 Å². The smallest absolute Gasteiger partial charge is 0.253 e. The van der Waals surface area contributed by atoms with Gasteiger partial charge in [-0.05, 0) is 32.0 Å². The third kappa shape index (κ3) is 3.84. The number of anilines is 1. The molecule has 112 valence electrons. The number of nitrogens with zero attached hydrogens (tertiary/aromatic N) is 3. The monoisotopic (exact) mass is 286 g/mol. The van der Waals surface area contributed by atoms with Crippen LogP contribution in [0.5, 0.6) is 0 Å². The maximum Gasteiger partial charge on any atom is 0.253 e. The molecule has 0 unspecified atom stereocenters. The molecule has 21 heavy (non-hydrogen) atoms. The van der Waals surface area contributed by atoms with Gasteiger partial charge in [0.25, 0.3) is 5.91 Å². The summed E-state index contributed by atoms with van der Waals surface area (Å²) in [4.78, 5) is 14.1. The first-order valence-corrected chi connectivity index (χ1v) is 7.24. The zero-order valence-electron chi connectivity index (χ0n) is 12.8. The zero-order chi connectivity index (χ0) is 15.2. The van der Waals surface area contributed by atoms with Crippen LogP contribution in [0.4, 0.5) is 5.69 Å². The van der Waals surface area contributed by atoms with Crippen LogP contribution in [-0.4, -0.2) is 33.7 Å². The van der Waals surface area contributed by atoms with Crippen molar-refractivity contribution in [3.05, 3.63) is 47.8 Å². The van der Waals surface area contributed by atoms with Crippen molar-refractivity contribution in [2.75, 3.05) is 18.4 Å². The minimum absolute atomic E-state index is 0.0741. The van der Waals surface area contributed by atoms with E-state index in [2.05, 4.69) is 10.4 Å². The fourth-order valence-electron chi connectivity index (χ4n) is 2.22. The van der Waals surface area contributed by atoms with Gasteiger partial charge in [0.15, 0.2) is 0 Å². The summed E-state index contributed by atoms with van der Waals surface area (Å²) in [6.45, 7) is 6.12. The van der Waals surface area contributed by atoms with Gasteiger partial charge in [-0.2, -0.15) is 5.10 Å². The molecule has 2 aromatic rings. The Bertz CT molecular complexity index is 602. The predicted molar refractivity (Wildman–Crippen MR) is 84.2 cm³/mol. The number of aryl methyl sites for hydroxylation is 1. The molecule has 0 aliphatic rings. The molecule has 1 heterocycles. The van der Waals surface area contributed by atoms with E-state index in [9.17, 15) is 4.79 Å². The summed E-state index contributed by atoms with van der Waals surface area (Å²) < 4.78 is 1.78. The molecule has 1 aromatic heterocycles. The Morgan fingerprint density at radius 3 is 2.71 bits per heavy atom. The van der Waals surface area contributed by atoms with Crippen LogP contribution in [0.2, 0.25) is 0 Å². The van der Waals surface area contributed by atoms with Crippen molar-refractivity contribution in [3.8, 4) is 0 Å². The van der Waals surface area contributed by atoms with E-state index in [1.165, 1.54) is 0 Å². The molecule has 0 saturated carbocycles. The number of amides is 1. The van der Waals surface area contributed by atoms with Gasteiger partial charge in [-0.1, -0.05) is 6.07 Å². The van der Waals surface area contributed by atoms with E-state index < -0.39 is 0 Å². The highest BCUT2D eigenvalue weighted by Gasteiger charge is 2.12. The first-order valence-electron chi connectivity index (χ1n) is 7.24. The lowest BCUT2D eigenvalue weighted by molar-refractivity contribution is 0.0773. The van der Waals surface area contributed by atoms with Crippen LogP contribution in [0, 0.1) is 0 Å². The van der Waals surface area contributed by atoms with Crippen LogP contribution in [0.3, 0.4) is 0 Å². The summed E-state index contributed by atoms with van der Waals surface area (Å²) in [5.41, 5.74) is 2.77. The van der Waals surface area contributed by atoms with Crippen molar-refractivity contribution in [2.24, 2.45) is 7.05 Å². The van der Waals surface area contributed by atoms with Gasteiger partial charge in [-0.25, -0.2) is 0 Å². The summed E-state index contributed by atoms with van der Waals surface area (Å²) in [6.07, 6.45) is 3.80. The summed E-state index contributed by atoms with van der Waals surface area (Å²) in [7, 11) is 1.90. The second kappa shape index (κ2) is 6.92. The summed E-state index contributed by atoms with van der Waals surface area (Å²) >= 11 is 0. The highest BCUT2D eigenvalue weighted by Crippen LogP contribution is 2.14. The maximum atomic E-state index is 12.3. The van der Waals surface area contributed by atoms with Gasteiger partial charge in [0.2, 0.25) is 0 Å². The van der Waals surface area contributed by atoms with E-state index in [-0.39, 0.29) is 5.91 Å². The molecule has 0 fully saturated rings. The number of rotatable bonds is 6. The number of aromatic nitrogens is 2. The van der Waals surface area contributed by atoms with Crippen LogP contribution in [0.25, 0.3) is 0 Å². The second-order valence-electron chi connectivity index (χ2n) is 4.93. The Morgan fingerprint density at radius 1 is 1.33 bits per heavy atom. The van der Waals surface area contributed by atoms with Gasteiger partial charge in [0.1, 0.15) is 0 Å². The topological polar surface area (TPSA) is 50.2 Å². The third-order valence-electron chi connectivity index (χ3n) is 3.42. The van der Waals surface area contributed by atoms with E-state index >= 15 is 0 Å². The van der Waals surface area contributed by atoms with E-state index in [0.717, 1.165) is 29.9 Å². The molecule has 0 radical (unpaired) electrons. The van der Waals surface area contributed by atoms with Crippen LogP contribution in [0.15, 0.2) is 36.7 Å². The van der Waals surface area contributed by atoms with Crippen LogP contribution in [-0.2, 0) is 13.6 Å². The number of carbonyl (C=O) groups excluding carboxylic acids is 1. The highest BCUT2D eigenvalue weighted by molar-refractivity contribution is 5.95. The van der Waals surface area contributed by atoms with Gasteiger partial charge in [-0.15, -0.1) is 0 Å². The molecular formula is C16H22N4O. The minimum Gasteiger partial charge on any atom is -0.381 e. The molecule has 2 rings (SSSR count). The van der Waals surface area contributed by atoms with Crippen LogP contribution < -0.4 is 5.32 Å². The summed E-state index contributed by atoms with van der Waals surface area (Å²) in [6, 6.07) is 7.63. The normalized spacial score (nSPS) is 10.4. The second-order valence-corrected chi connectivity index (χ2v) is 4.93. The Balaban J connectivity index is 2.05. The van der Waals surface area contributed by atoms with Crippen LogP contribution in [0.1, 0.15) is 29.8 Å². The molecule has 0 saturated heterocycles. The lowest BCUT2D eigenvalue weighted by Gasteiger charge is -2.19. The molecule has 1 N–H and O–H groups in total. The Hall–Kier alpha value is -2.30. The van der Waals surface area contributed by atoms with Crippen molar-refractivity contribution in [1.82, 2.24) is 14.7 Å². The first-order chi connectivity index (χ1) is 10.1. The zero-order valence-corrected chi connectivity index (χ0v) is 12.8. The number of hydrogen-bond donors (Lipinski definition) is 1. The Kier molecular flexibility index (Phi) is 4.98. The molecule has 5 nitrogen and oxygen atoms in total. The molecule has 1 amide bonds. The largest absolute Gasteiger partial charge is 0.381 e. The molecule has 0 aliphatic heterocycles. The maximum absolute atomic E-state index is 12.3. The first kappa shape index (κ1) is 15.1. The van der Waals surface area contributed by atoms with Gasteiger partial charge < -0.3 is 10.2 Å². The quantitative estimate of drug-likeness (QED) is 0.887. The van der Waals surface area contributed by atoms with E-state index in [0.29, 0.717) is 6.54 Å². The number of carbonyl (C=O) groups is 1. The third-order valence-corrected chi connectivity index (χ3v) is 3.42. The SMILES string of the molecule is CCN(CC)C(=O)c1cccc(NCc2cnn(C)c2)c1. The lowest BCUT2D eigenvalue weighted by atomic mass is 10.1. The predicted octanol–water partition coefficient (Wildman–Crippen LogP) is 2.51. The van der Waals surface area contributed by atoms with Crippen molar-refractivity contribution >= 4 is 11.6 Å². The fourth-order valence-corrected chi connectivity index (χ4v) is 2.22. The van der Waals surface area contributed by atoms with Crippen LogP contribution >= 0.6 is 0 Å². The van der Waals surface area contributed by atoms with E-state index in [4.69, 9.17) is 0 Å². The van der Waals surface area contributed by atoms with Gasteiger partial charge in [0, 0.05) is 49.7 Å². The van der Waals surface area contributed by atoms with Crippen molar-refractivity contribution < 1.29 is 4.79 Å².